The lowest BCUT2D eigenvalue weighted by Crippen LogP contribution is -2.45. The third kappa shape index (κ3) is 1.81. The van der Waals surface area contributed by atoms with Crippen LogP contribution in [0.1, 0.15) is 32.1 Å². The fourth-order valence-electron chi connectivity index (χ4n) is 3.80. The molecule has 0 spiro atoms. The van der Waals surface area contributed by atoms with Crippen LogP contribution >= 0.6 is 0 Å². The minimum atomic E-state index is -0.795. The number of hydrogen-bond donors (Lipinski definition) is 0. The number of carbonyl (C=O) groups excluding carboxylic acids is 1. The van der Waals surface area contributed by atoms with E-state index >= 15 is 0 Å². The molecule has 1 amide bonds. The lowest BCUT2D eigenvalue weighted by atomic mass is 9.80. The highest BCUT2D eigenvalue weighted by Crippen LogP contribution is 2.40. The van der Waals surface area contributed by atoms with E-state index in [0.29, 0.717) is 37.9 Å². The number of amides is 1. The molecule has 2 atom stereocenters. The lowest BCUT2D eigenvalue weighted by molar-refractivity contribution is -0.142. The quantitative estimate of drug-likeness (QED) is 0.707. The van der Waals surface area contributed by atoms with Gasteiger partial charge in [-0.05, 0) is 37.5 Å². The molecule has 2 saturated heterocycles. The van der Waals surface area contributed by atoms with Gasteiger partial charge in [0.15, 0.2) is 0 Å². The first-order chi connectivity index (χ1) is 8.75. The van der Waals surface area contributed by atoms with Crippen LogP contribution in [0.3, 0.4) is 0 Å². The summed E-state index contributed by atoms with van der Waals surface area (Å²) in [6.45, 7) is 2.85. The molecule has 0 bridgehead atoms. The monoisotopic (exact) mass is 248 g/mol. The molecule has 18 heavy (non-hydrogen) atoms. The van der Waals surface area contributed by atoms with Crippen molar-refractivity contribution in [2.24, 2.45) is 17.3 Å². The fourth-order valence-corrected chi connectivity index (χ4v) is 3.80. The van der Waals surface area contributed by atoms with Crippen molar-refractivity contribution < 1.29 is 9.53 Å². The molecule has 1 aliphatic carbocycles. The summed E-state index contributed by atoms with van der Waals surface area (Å²) in [5, 5.41) is 9.42. The molecular formula is C14H20N2O2. The summed E-state index contributed by atoms with van der Waals surface area (Å²) in [7, 11) is 0. The van der Waals surface area contributed by atoms with Crippen LogP contribution in [0.15, 0.2) is 0 Å². The van der Waals surface area contributed by atoms with E-state index in [0.717, 1.165) is 13.1 Å². The van der Waals surface area contributed by atoms with Gasteiger partial charge >= 0.3 is 0 Å². The van der Waals surface area contributed by atoms with Crippen molar-refractivity contribution in [2.75, 3.05) is 26.3 Å². The van der Waals surface area contributed by atoms with Gasteiger partial charge in [0.1, 0.15) is 5.41 Å². The molecule has 1 saturated carbocycles. The standard InChI is InChI=1S/C14H20N2O2/c15-10-14(4-6-18-7-5-14)13(17)16-8-11-2-1-3-12(11)9-16/h11-12H,1-9H2. The Morgan fingerprint density at radius 1 is 1.22 bits per heavy atom. The minimum absolute atomic E-state index is 0.0719. The minimum Gasteiger partial charge on any atom is -0.381 e. The Bertz CT molecular complexity index is 370. The zero-order valence-corrected chi connectivity index (χ0v) is 10.7. The van der Waals surface area contributed by atoms with E-state index in [1.54, 1.807) is 0 Å². The van der Waals surface area contributed by atoms with Crippen LogP contribution in [-0.4, -0.2) is 37.1 Å². The van der Waals surface area contributed by atoms with Crippen molar-refractivity contribution in [2.45, 2.75) is 32.1 Å². The summed E-state index contributed by atoms with van der Waals surface area (Å²) >= 11 is 0. The normalized spacial score (nSPS) is 34.1. The van der Waals surface area contributed by atoms with Gasteiger partial charge in [-0.3, -0.25) is 4.79 Å². The van der Waals surface area contributed by atoms with Gasteiger partial charge in [0, 0.05) is 26.3 Å². The van der Waals surface area contributed by atoms with E-state index in [9.17, 15) is 10.1 Å². The first-order valence-corrected chi connectivity index (χ1v) is 7.03. The van der Waals surface area contributed by atoms with E-state index in [2.05, 4.69) is 6.07 Å². The Morgan fingerprint density at radius 2 is 1.83 bits per heavy atom. The van der Waals surface area contributed by atoms with E-state index < -0.39 is 5.41 Å². The van der Waals surface area contributed by atoms with Crippen molar-refractivity contribution in [3.63, 3.8) is 0 Å². The molecule has 3 aliphatic rings. The van der Waals surface area contributed by atoms with Crippen molar-refractivity contribution in [1.29, 1.82) is 5.26 Å². The molecule has 3 fully saturated rings. The van der Waals surface area contributed by atoms with Crippen LogP contribution in [0, 0.1) is 28.6 Å². The van der Waals surface area contributed by atoms with Gasteiger partial charge in [0.2, 0.25) is 5.91 Å². The predicted octanol–water partition coefficient (Wildman–Crippen LogP) is 1.57. The summed E-state index contributed by atoms with van der Waals surface area (Å²) in [6.07, 6.45) is 4.96. The van der Waals surface area contributed by atoms with Crippen molar-refractivity contribution in [3.8, 4) is 6.07 Å². The number of hydrogen-bond acceptors (Lipinski definition) is 3. The third-order valence-corrected chi connectivity index (χ3v) is 4.98. The number of ether oxygens (including phenoxy) is 1. The van der Waals surface area contributed by atoms with Gasteiger partial charge in [-0.25, -0.2) is 0 Å². The van der Waals surface area contributed by atoms with Crippen LogP contribution in [-0.2, 0) is 9.53 Å². The van der Waals surface area contributed by atoms with Gasteiger partial charge in [0.05, 0.1) is 6.07 Å². The Balaban J connectivity index is 1.72. The van der Waals surface area contributed by atoms with E-state index in [1.165, 1.54) is 19.3 Å². The van der Waals surface area contributed by atoms with E-state index in [1.807, 2.05) is 4.90 Å². The van der Waals surface area contributed by atoms with Gasteiger partial charge in [-0.15, -0.1) is 0 Å². The van der Waals surface area contributed by atoms with Gasteiger partial charge < -0.3 is 9.64 Å². The number of carbonyl (C=O) groups is 1. The molecule has 0 aromatic rings. The largest absolute Gasteiger partial charge is 0.381 e. The molecular weight excluding hydrogens is 228 g/mol. The van der Waals surface area contributed by atoms with Crippen LogP contribution in [0.4, 0.5) is 0 Å². The summed E-state index contributed by atoms with van der Waals surface area (Å²) in [5.41, 5.74) is -0.795. The molecule has 3 rings (SSSR count). The molecule has 0 aromatic carbocycles. The maximum atomic E-state index is 12.6. The SMILES string of the molecule is N#CC1(C(=O)N2CC3CCCC3C2)CCOCC1. The molecule has 4 nitrogen and oxygen atoms in total. The second-order valence-electron chi connectivity index (χ2n) is 5.97. The topological polar surface area (TPSA) is 53.3 Å². The first-order valence-electron chi connectivity index (χ1n) is 7.03. The molecule has 98 valence electrons. The van der Waals surface area contributed by atoms with Crippen LogP contribution in [0.25, 0.3) is 0 Å². The highest BCUT2D eigenvalue weighted by molar-refractivity contribution is 5.86. The predicted molar refractivity (Wildman–Crippen MR) is 65.5 cm³/mol. The average molecular weight is 248 g/mol. The number of nitrogens with zero attached hydrogens (tertiary/aromatic N) is 2. The van der Waals surface area contributed by atoms with Crippen LogP contribution in [0.2, 0.25) is 0 Å². The van der Waals surface area contributed by atoms with Crippen molar-refractivity contribution in [1.82, 2.24) is 4.90 Å². The lowest BCUT2D eigenvalue weighted by Gasteiger charge is -2.33. The highest BCUT2D eigenvalue weighted by Gasteiger charge is 2.47. The number of rotatable bonds is 1. The van der Waals surface area contributed by atoms with Crippen LogP contribution < -0.4 is 0 Å². The van der Waals surface area contributed by atoms with Gasteiger partial charge in [-0.1, -0.05) is 6.42 Å². The summed E-state index contributed by atoms with van der Waals surface area (Å²) in [6, 6.07) is 2.29. The van der Waals surface area contributed by atoms with Gasteiger partial charge in [-0.2, -0.15) is 5.26 Å². The van der Waals surface area contributed by atoms with Crippen molar-refractivity contribution in [3.05, 3.63) is 0 Å². The van der Waals surface area contributed by atoms with Crippen LogP contribution in [0.5, 0.6) is 0 Å². The third-order valence-electron chi connectivity index (χ3n) is 4.98. The molecule has 4 heteroatoms. The Morgan fingerprint density at radius 3 is 2.39 bits per heavy atom. The van der Waals surface area contributed by atoms with E-state index in [4.69, 9.17) is 4.74 Å². The van der Waals surface area contributed by atoms with E-state index in [-0.39, 0.29) is 5.91 Å². The maximum absolute atomic E-state index is 12.6. The molecule has 0 radical (unpaired) electrons. The van der Waals surface area contributed by atoms with Crippen molar-refractivity contribution >= 4 is 5.91 Å². The summed E-state index contributed by atoms with van der Waals surface area (Å²) in [5.74, 6) is 1.47. The molecule has 2 aliphatic heterocycles. The Kier molecular flexibility index (Phi) is 3.03. The number of likely N-dealkylation sites (tertiary alicyclic amines) is 1. The molecule has 0 N–H and O–H groups in total. The van der Waals surface area contributed by atoms with Gasteiger partial charge in [0.25, 0.3) is 0 Å². The maximum Gasteiger partial charge on any atom is 0.243 e. The second-order valence-corrected chi connectivity index (χ2v) is 5.97. The first kappa shape index (κ1) is 12.0. The molecule has 2 unspecified atom stereocenters. The molecule has 2 heterocycles. The second kappa shape index (κ2) is 4.55. The molecule has 0 aromatic heterocycles. The highest BCUT2D eigenvalue weighted by atomic mass is 16.5. The number of fused-ring (bicyclic) bond motifs is 1. The Hall–Kier alpha value is -1.08. The zero-order chi connectivity index (χ0) is 12.6. The smallest absolute Gasteiger partial charge is 0.243 e. The zero-order valence-electron chi connectivity index (χ0n) is 10.7. The Labute approximate surface area is 108 Å². The average Bonchev–Trinajstić information content (AvgIpc) is 2.99. The fraction of sp³-hybridized carbons (Fsp3) is 0.857. The summed E-state index contributed by atoms with van der Waals surface area (Å²) in [4.78, 5) is 14.6. The number of nitriles is 1. The summed E-state index contributed by atoms with van der Waals surface area (Å²) < 4.78 is 5.29.